The minimum Gasteiger partial charge on any atom is -0.355 e. The topological polar surface area (TPSA) is 130 Å². The highest BCUT2D eigenvalue weighted by Crippen LogP contribution is 2.28. The van der Waals surface area contributed by atoms with Crippen molar-refractivity contribution in [3.8, 4) is 0 Å². The maximum Gasteiger partial charge on any atom is 0.271 e. The fourth-order valence-corrected chi connectivity index (χ4v) is 4.60. The van der Waals surface area contributed by atoms with Gasteiger partial charge in [0.05, 0.1) is 16.9 Å². The second kappa shape index (κ2) is 12.0. The Morgan fingerprint density at radius 3 is 2.29 bits per heavy atom. The second-order valence-electron chi connectivity index (χ2n) is 7.96. The molecule has 2 rings (SSSR count). The Kier molecular flexibility index (Phi) is 9.61. The third-order valence-electron chi connectivity index (χ3n) is 5.35. The Hall–Kier alpha value is -3.18. The number of carbonyl (C=O) groups excluding carboxylic acids is 2. The number of rotatable bonds is 11. The average Bonchev–Trinajstić information content (AvgIpc) is 2.78. The van der Waals surface area contributed by atoms with E-state index in [1.807, 2.05) is 0 Å². The highest BCUT2D eigenvalue weighted by atomic mass is 35.5. The molecule has 0 aliphatic rings. The number of aryl methyl sites for hydroxylation is 1. The van der Waals surface area contributed by atoms with Crippen LogP contribution in [0.25, 0.3) is 0 Å². The molecule has 35 heavy (non-hydrogen) atoms. The van der Waals surface area contributed by atoms with E-state index in [0.717, 1.165) is 16.6 Å². The number of sulfonamides is 1. The van der Waals surface area contributed by atoms with Crippen LogP contribution in [-0.4, -0.2) is 55.4 Å². The molecule has 0 radical (unpaired) electrons. The minimum absolute atomic E-state index is 0.0209. The van der Waals surface area contributed by atoms with E-state index in [0.29, 0.717) is 29.1 Å². The van der Waals surface area contributed by atoms with E-state index >= 15 is 0 Å². The number of hydrogen-bond donors (Lipinski definition) is 1. The van der Waals surface area contributed by atoms with E-state index in [1.165, 1.54) is 17.0 Å². The van der Waals surface area contributed by atoms with Crippen molar-refractivity contribution in [2.24, 2.45) is 0 Å². The maximum atomic E-state index is 13.6. The molecule has 10 nitrogen and oxygen atoms in total. The number of amides is 2. The molecule has 1 unspecified atom stereocenters. The lowest BCUT2D eigenvalue weighted by Gasteiger charge is -2.33. The first-order valence-electron chi connectivity index (χ1n) is 10.9. The summed E-state index contributed by atoms with van der Waals surface area (Å²) >= 11 is 5.96. The molecule has 0 heterocycles. The molecule has 0 bridgehead atoms. The standard InChI is InChI=1S/C23H29ClN4O6S/c1-5-20(23(30)25-6-2)26(14-17-8-10-18(24)11-9-17)22(29)15-27(35(4,33)34)21-13-19(28(31)32)12-7-16(21)3/h7-13,20H,5-6,14-15H2,1-4H3,(H,25,30). The minimum atomic E-state index is -4.01. The van der Waals surface area contributed by atoms with Gasteiger partial charge in [-0.15, -0.1) is 0 Å². The Morgan fingerprint density at radius 2 is 1.77 bits per heavy atom. The van der Waals surface area contributed by atoms with Gasteiger partial charge in [-0.3, -0.25) is 24.0 Å². The van der Waals surface area contributed by atoms with Crippen molar-refractivity contribution in [2.45, 2.75) is 39.8 Å². The summed E-state index contributed by atoms with van der Waals surface area (Å²) in [6.07, 6.45) is 1.21. The zero-order chi connectivity index (χ0) is 26.3. The Balaban J connectivity index is 2.51. The molecule has 190 valence electrons. The summed E-state index contributed by atoms with van der Waals surface area (Å²) in [5, 5.41) is 14.5. The number of non-ortho nitro benzene ring substituents is 1. The molecule has 1 N–H and O–H groups in total. The fourth-order valence-electron chi connectivity index (χ4n) is 3.57. The number of carbonyl (C=O) groups is 2. The summed E-state index contributed by atoms with van der Waals surface area (Å²) in [5.74, 6) is -0.996. The van der Waals surface area contributed by atoms with E-state index in [2.05, 4.69) is 5.32 Å². The summed E-state index contributed by atoms with van der Waals surface area (Å²) < 4.78 is 26.2. The molecule has 0 spiro atoms. The van der Waals surface area contributed by atoms with E-state index in [1.54, 1.807) is 45.0 Å². The summed E-state index contributed by atoms with van der Waals surface area (Å²) in [7, 11) is -4.01. The van der Waals surface area contributed by atoms with Gasteiger partial charge in [0.2, 0.25) is 21.8 Å². The van der Waals surface area contributed by atoms with Gasteiger partial charge in [-0.2, -0.15) is 0 Å². The SMILES string of the molecule is CCNC(=O)C(CC)N(Cc1ccc(Cl)cc1)C(=O)CN(c1cc([N+](=O)[O-])ccc1C)S(C)(=O)=O. The third-order valence-corrected chi connectivity index (χ3v) is 6.73. The highest BCUT2D eigenvalue weighted by molar-refractivity contribution is 7.92. The highest BCUT2D eigenvalue weighted by Gasteiger charge is 2.32. The molecule has 0 aromatic heterocycles. The summed E-state index contributed by atoms with van der Waals surface area (Å²) in [6, 6.07) is 9.68. The number of nitro benzene ring substituents is 1. The smallest absolute Gasteiger partial charge is 0.271 e. The van der Waals surface area contributed by atoms with Crippen molar-refractivity contribution in [3.05, 3.63) is 68.7 Å². The van der Waals surface area contributed by atoms with Gasteiger partial charge in [0.1, 0.15) is 12.6 Å². The van der Waals surface area contributed by atoms with Crippen LogP contribution < -0.4 is 9.62 Å². The first-order valence-corrected chi connectivity index (χ1v) is 13.2. The number of nitro groups is 1. The molecule has 12 heteroatoms. The van der Waals surface area contributed by atoms with E-state index in [-0.39, 0.29) is 23.8 Å². The number of anilines is 1. The molecule has 1 atom stereocenters. The van der Waals surface area contributed by atoms with Gasteiger partial charge in [-0.25, -0.2) is 8.42 Å². The van der Waals surface area contributed by atoms with Gasteiger partial charge in [0, 0.05) is 30.2 Å². The first-order chi connectivity index (χ1) is 16.4. The van der Waals surface area contributed by atoms with Crippen LogP contribution in [0.1, 0.15) is 31.4 Å². The van der Waals surface area contributed by atoms with Gasteiger partial charge in [0.25, 0.3) is 5.69 Å². The normalized spacial score (nSPS) is 12.0. The quantitative estimate of drug-likeness (QED) is 0.354. The van der Waals surface area contributed by atoms with Crippen molar-refractivity contribution in [1.82, 2.24) is 10.2 Å². The second-order valence-corrected chi connectivity index (χ2v) is 10.3. The lowest BCUT2D eigenvalue weighted by molar-refractivity contribution is -0.384. The predicted octanol–water partition coefficient (Wildman–Crippen LogP) is 3.27. The Labute approximate surface area is 210 Å². The lowest BCUT2D eigenvalue weighted by Crippen LogP contribution is -2.52. The molecule has 0 saturated heterocycles. The molecule has 0 saturated carbocycles. The summed E-state index contributed by atoms with van der Waals surface area (Å²) in [6.45, 7) is 4.87. The maximum absolute atomic E-state index is 13.6. The number of nitrogens with zero attached hydrogens (tertiary/aromatic N) is 3. The van der Waals surface area contributed by atoms with Crippen molar-refractivity contribution in [3.63, 3.8) is 0 Å². The molecular weight excluding hydrogens is 496 g/mol. The number of nitrogens with one attached hydrogen (secondary N) is 1. The number of benzene rings is 2. The van der Waals surface area contributed by atoms with Crippen LogP contribution in [0, 0.1) is 17.0 Å². The lowest BCUT2D eigenvalue weighted by atomic mass is 10.1. The van der Waals surface area contributed by atoms with Crippen LogP contribution in [0.3, 0.4) is 0 Å². The Bertz CT molecular complexity index is 1190. The van der Waals surface area contributed by atoms with Crippen LogP contribution in [0.4, 0.5) is 11.4 Å². The van der Waals surface area contributed by atoms with E-state index in [9.17, 15) is 28.1 Å². The van der Waals surface area contributed by atoms with Gasteiger partial charge in [-0.05, 0) is 43.5 Å². The van der Waals surface area contributed by atoms with Crippen LogP contribution in [-0.2, 0) is 26.2 Å². The first kappa shape index (κ1) is 28.1. The fraction of sp³-hybridized carbons (Fsp3) is 0.391. The van der Waals surface area contributed by atoms with Gasteiger partial charge in [0.15, 0.2) is 0 Å². The largest absolute Gasteiger partial charge is 0.355 e. The van der Waals surface area contributed by atoms with Crippen LogP contribution in [0.15, 0.2) is 42.5 Å². The summed E-state index contributed by atoms with van der Waals surface area (Å²) in [5.41, 5.74) is 0.850. The van der Waals surface area contributed by atoms with Gasteiger partial charge >= 0.3 is 0 Å². The molecule has 2 amide bonds. The molecule has 0 fully saturated rings. The number of hydrogen-bond acceptors (Lipinski definition) is 6. The van der Waals surface area contributed by atoms with Gasteiger partial charge < -0.3 is 10.2 Å². The van der Waals surface area contributed by atoms with Crippen LogP contribution in [0.2, 0.25) is 5.02 Å². The van der Waals surface area contributed by atoms with Crippen molar-refractivity contribution < 1.29 is 22.9 Å². The molecule has 2 aromatic rings. The zero-order valence-electron chi connectivity index (χ0n) is 20.0. The average molecular weight is 525 g/mol. The molecular formula is C23H29ClN4O6S. The number of halogens is 1. The number of likely N-dealkylation sites (N-methyl/N-ethyl adjacent to an activating group) is 1. The molecule has 0 aliphatic carbocycles. The molecule has 0 aliphatic heterocycles. The Morgan fingerprint density at radius 1 is 1.14 bits per heavy atom. The molecule has 2 aromatic carbocycles. The van der Waals surface area contributed by atoms with Gasteiger partial charge in [-0.1, -0.05) is 36.7 Å². The summed E-state index contributed by atoms with van der Waals surface area (Å²) in [4.78, 5) is 38.3. The van der Waals surface area contributed by atoms with Crippen LogP contribution >= 0.6 is 11.6 Å². The van der Waals surface area contributed by atoms with Crippen molar-refractivity contribution in [1.29, 1.82) is 0 Å². The predicted molar refractivity (Wildman–Crippen MR) is 135 cm³/mol. The van der Waals surface area contributed by atoms with Crippen molar-refractivity contribution >= 4 is 44.8 Å². The van der Waals surface area contributed by atoms with Crippen molar-refractivity contribution in [2.75, 3.05) is 23.7 Å². The van der Waals surface area contributed by atoms with E-state index in [4.69, 9.17) is 11.6 Å². The van der Waals surface area contributed by atoms with Crippen LogP contribution in [0.5, 0.6) is 0 Å². The third kappa shape index (κ3) is 7.40. The monoisotopic (exact) mass is 524 g/mol. The van der Waals surface area contributed by atoms with E-state index < -0.39 is 33.4 Å². The zero-order valence-corrected chi connectivity index (χ0v) is 21.6.